The van der Waals surface area contributed by atoms with Crippen LogP contribution in [0.25, 0.3) is 0 Å². The molecule has 1 aromatic rings. The summed E-state index contributed by atoms with van der Waals surface area (Å²) in [5, 5.41) is 12.9. The van der Waals surface area contributed by atoms with Crippen LogP contribution in [0.5, 0.6) is 0 Å². The fourth-order valence-corrected chi connectivity index (χ4v) is 3.68. The van der Waals surface area contributed by atoms with Gasteiger partial charge in [0.2, 0.25) is 0 Å². The van der Waals surface area contributed by atoms with E-state index in [2.05, 4.69) is 5.32 Å². The van der Waals surface area contributed by atoms with Gasteiger partial charge in [0.1, 0.15) is 0 Å². The van der Waals surface area contributed by atoms with Crippen molar-refractivity contribution >= 4 is 11.9 Å². The van der Waals surface area contributed by atoms with Crippen LogP contribution in [0.2, 0.25) is 0 Å². The van der Waals surface area contributed by atoms with Gasteiger partial charge in [-0.1, -0.05) is 36.8 Å². The molecule has 1 aromatic carbocycles. The van der Waals surface area contributed by atoms with Crippen molar-refractivity contribution in [3.8, 4) is 0 Å². The number of amides is 1. The van der Waals surface area contributed by atoms with Crippen molar-refractivity contribution < 1.29 is 14.7 Å². The monoisotopic (exact) mass is 302 g/mol. The van der Waals surface area contributed by atoms with Crippen LogP contribution in [-0.4, -0.2) is 40.5 Å². The summed E-state index contributed by atoms with van der Waals surface area (Å²) in [6, 6.07) is 10.1. The van der Waals surface area contributed by atoms with Crippen molar-refractivity contribution in [2.24, 2.45) is 5.92 Å². The molecule has 2 saturated heterocycles. The molecule has 5 nitrogen and oxygen atoms in total. The minimum absolute atomic E-state index is 0.0141. The predicted octanol–water partition coefficient (Wildman–Crippen LogP) is 2.27. The Morgan fingerprint density at radius 1 is 1.23 bits per heavy atom. The largest absolute Gasteiger partial charge is 0.465 e. The van der Waals surface area contributed by atoms with Crippen LogP contribution in [0, 0.1) is 5.92 Å². The number of nitrogens with one attached hydrogen (secondary N) is 1. The van der Waals surface area contributed by atoms with E-state index < -0.39 is 6.09 Å². The number of carbonyl (C=O) groups excluding carboxylic acids is 1. The summed E-state index contributed by atoms with van der Waals surface area (Å²) in [5.74, 6) is 0.0327. The first-order chi connectivity index (χ1) is 10.6. The Balaban J connectivity index is 1.63. The van der Waals surface area contributed by atoms with Crippen molar-refractivity contribution in [1.29, 1.82) is 0 Å². The summed E-state index contributed by atoms with van der Waals surface area (Å²) in [4.78, 5) is 25.2. The summed E-state index contributed by atoms with van der Waals surface area (Å²) < 4.78 is 0. The molecule has 0 saturated carbocycles. The molecule has 2 N–H and O–H groups in total. The van der Waals surface area contributed by atoms with Crippen molar-refractivity contribution in [2.45, 2.75) is 44.3 Å². The molecule has 3 rings (SSSR count). The van der Waals surface area contributed by atoms with Gasteiger partial charge < -0.3 is 10.4 Å². The second kappa shape index (κ2) is 6.48. The quantitative estimate of drug-likeness (QED) is 0.875. The summed E-state index contributed by atoms with van der Waals surface area (Å²) >= 11 is 0. The Kier molecular flexibility index (Phi) is 4.43. The molecular weight excluding hydrogens is 280 g/mol. The van der Waals surface area contributed by atoms with E-state index in [1.165, 1.54) is 11.3 Å². The molecule has 0 spiro atoms. The zero-order valence-electron chi connectivity index (χ0n) is 12.6. The topological polar surface area (TPSA) is 69.6 Å². The maximum atomic E-state index is 12.5. The molecule has 3 unspecified atom stereocenters. The Morgan fingerprint density at radius 3 is 2.68 bits per heavy atom. The number of carbonyl (C=O) groups is 2. The molecule has 2 bridgehead atoms. The number of carboxylic acid groups (broad SMARTS) is 1. The number of benzene rings is 1. The van der Waals surface area contributed by atoms with Gasteiger partial charge in [-0.05, 0) is 24.8 Å². The number of Topliss-reactive ketones (excluding diaryl/α,β-unsaturated/α-hetero) is 1. The molecule has 22 heavy (non-hydrogen) atoms. The lowest BCUT2D eigenvalue weighted by Gasteiger charge is -2.24. The Labute approximate surface area is 130 Å². The highest BCUT2D eigenvalue weighted by Crippen LogP contribution is 2.32. The Morgan fingerprint density at radius 2 is 2.00 bits per heavy atom. The van der Waals surface area contributed by atoms with Crippen molar-refractivity contribution in [3.63, 3.8) is 0 Å². The van der Waals surface area contributed by atoms with Crippen LogP contribution < -0.4 is 5.32 Å². The van der Waals surface area contributed by atoms with E-state index in [-0.39, 0.29) is 30.8 Å². The SMILES string of the molecule is O=C(CN(Cc1ccccc1)C(=O)O)C1CC2CCCC1N2. The lowest BCUT2D eigenvalue weighted by molar-refractivity contribution is -0.124. The zero-order valence-corrected chi connectivity index (χ0v) is 12.6. The number of nitrogens with zero attached hydrogens (tertiary/aromatic N) is 1. The lowest BCUT2D eigenvalue weighted by atomic mass is 9.93. The molecule has 2 aliphatic heterocycles. The summed E-state index contributed by atoms with van der Waals surface area (Å²) in [7, 11) is 0. The molecule has 0 aliphatic carbocycles. The van der Waals surface area contributed by atoms with Crippen LogP contribution in [-0.2, 0) is 11.3 Å². The lowest BCUT2D eigenvalue weighted by Crippen LogP contribution is -2.41. The van der Waals surface area contributed by atoms with E-state index in [0.717, 1.165) is 24.8 Å². The van der Waals surface area contributed by atoms with Gasteiger partial charge in [0.25, 0.3) is 0 Å². The van der Waals surface area contributed by atoms with Crippen molar-refractivity contribution in [1.82, 2.24) is 10.2 Å². The summed E-state index contributed by atoms with van der Waals surface area (Å²) in [6.07, 6.45) is 3.15. The molecule has 118 valence electrons. The van der Waals surface area contributed by atoms with Crippen molar-refractivity contribution in [3.05, 3.63) is 35.9 Å². The maximum Gasteiger partial charge on any atom is 0.407 e. The molecule has 0 radical (unpaired) electrons. The third-order valence-corrected chi connectivity index (χ3v) is 4.79. The predicted molar refractivity (Wildman–Crippen MR) is 82.6 cm³/mol. The molecule has 1 amide bonds. The fraction of sp³-hybridized carbons (Fsp3) is 0.529. The van der Waals surface area contributed by atoms with E-state index in [1.807, 2.05) is 30.3 Å². The molecule has 2 heterocycles. The number of ketones is 1. The number of fused-ring (bicyclic) bond motifs is 2. The Hall–Kier alpha value is -1.88. The standard InChI is InChI=1S/C17H22N2O3/c20-16(14-9-13-7-4-8-15(14)18-13)11-19(17(21)22)10-12-5-2-1-3-6-12/h1-3,5-6,13-15,18H,4,7-11H2,(H,21,22). The first-order valence-corrected chi connectivity index (χ1v) is 7.94. The molecular formula is C17H22N2O3. The van der Waals surface area contributed by atoms with Gasteiger partial charge in [-0.15, -0.1) is 0 Å². The smallest absolute Gasteiger partial charge is 0.407 e. The van der Waals surface area contributed by atoms with E-state index in [1.54, 1.807) is 0 Å². The second-order valence-corrected chi connectivity index (χ2v) is 6.33. The number of hydrogen-bond donors (Lipinski definition) is 2. The third kappa shape index (κ3) is 3.30. The number of piperidine rings is 1. The number of rotatable bonds is 5. The maximum absolute atomic E-state index is 12.5. The van der Waals surface area contributed by atoms with Gasteiger partial charge in [0, 0.05) is 24.5 Å². The first-order valence-electron chi connectivity index (χ1n) is 7.94. The summed E-state index contributed by atoms with van der Waals surface area (Å²) in [6.45, 7) is 0.246. The highest BCUT2D eigenvalue weighted by molar-refractivity contribution is 5.86. The van der Waals surface area contributed by atoms with Gasteiger partial charge in [-0.25, -0.2) is 4.79 Å². The van der Waals surface area contributed by atoms with Crippen LogP contribution in [0.1, 0.15) is 31.2 Å². The molecule has 3 atom stereocenters. The summed E-state index contributed by atoms with van der Waals surface area (Å²) in [5.41, 5.74) is 0.904. The van der Waals surface area contributed by atoms with Gasteiger partial charge in [0.05, 0.1) is 6.54 Å². The second-order valence-electron chi connectivity index (χ2n) is 6.33. The third-order valence-electron chi connectivity index (χ3n) is 4.79. The number of hydrogen-bond acceptors (Lipinski definition) is 3. The molecule has 2 fully saturated rings. The van der Waals surface area contributed by atoms with Gasteiger partial charge in [-0.3, -0.25) is 9.69 Å². The van der Waals surface area contributed by atoms with E-state index in [9.17, 15) is 14.7 Å². The Bertz CT molecular complexity index is 546. The van der Waals surface area contributed by atoms with Crippen LogP contribution in [0.15, 0.2) is 30.3 Å². The first kappa shape index (κ1) is 15.0. The zero-order chi connectivity index (χ0) is 15.5. The van der Waals surface area contributed by atoms with Crippen LogP contribution in [0.3, 0.4) is 0 Å². The normalized spacial score (nSPS) is 26.6. The molecule has 5 heteroatoms. The van der Waals surface area contributed by atoms with Gasteiger partial charge in [0.15, 0.2) is 5.78 Å². The van der Waals surface area contributed by atoms with Crippen LogP contribution >= 0.6 is 0 Å². The van der Waals surface area contributed by atoms with Gasteiger partial charge >= 0.3 is 6.09 Å². The van der Waals surface area contributed by atoms with E-state index in [4.69, 9.17) is 0 Å². The fourth-order valence-electron chi connectivity index (χ4n) is 3.68. The molecule has 0 aromatic heterocycles. The molecule has 2 aliphatic rings. The average Bonchev–Trinajstić information content (AvgIpc) is 2.81. The van der Waals surface area contributed by atoms with E-state index >= 15 is 0 Å². The van der Waals surface area contributed by atoms with Gasteiger partial charge in [-0.2, -0.15) is 0 Å². The van der Waals surface area contributed by atoms with Crippen molar-refractivity contribution in [2.75, 3.05) is 6.54 Å². The van der Waals surface area contributed by atoms with E-state index in [0.29, 0.717) is 6.04 Å². The minimum atomic E-state index is -1.04. The highest BCUT2D eigenvalue weighted by Gasteiger charge is 2.40. The minimum Gasteiger partial charge on any atom is -0.465 e. The average molecular weight is 302 g/mol. The highest BCUT2D eigenvalue weighted by atomic mass is 16.4. The van der Waals surface area contributed by atoms with Crippen LogP contribution in [0.4, 0.5) is 4.79 Å².